The third kappa shape index (κ3) is 6.49. The first-order valence-electron chi connectivity index (χ1n) is 20.4. The Hall–Kier alpha value is -8.01. The third-order valence-corrected chi connectivity index (χ3v) is 11.5. The van der Waals surface area contributed by atoms with Crippen LogP contribution in [0.5, 0.6) is 0 Å². The third-order valence-electron chi connectivity index (χ3n) is 11.5. The first kappa shape index (κ1) is 35.2. The summed E-state index contributed by atoms with van der Waals surface area (Å²) in [5, 5.41) is 4.50. The van der Waals surface area contributed by atoms with Crippen molar-refractivity contribution in [3.8, 4) is 56.0 Å². The molecule has 3 heteroatoms. The van der Waals surface area contributed by atoms with Gasteiger partial charge < -0.3 is 9.32 Å². The van der Waals surface area contributed by atoms with Crippen LogP contribution in [0.1, 0.15) is 0 Å². The number of oxazole rings is 1. The van der Waals surface area contributed by atoms with E-state index in [1.54, 1.807) is 0 Å². The van der Waals surface area contributed by atoms with Crippen molar-refractivity contribution in [2.45, 2.75) is 0 Å². The van der Waals surface area contributed by atoms with Crippen molar-refractivity contribution in [2.75, 3.05) is 4.90 Å². The van der Waals surface area contributed by atoms with E-state index in [0.717, 1.165) is 61.0 Å². The fraction of sp³-hybridized carbons (Fsp3) is 0. The zero-order valence-corrected chi connectivity index (χ0v) is 32.7. The molecule has 0 spiro atoms. The second-order valence-electron chi connectivity index (χ2n) is 15.2. The van der Waals surface area contributed by atoms with Gasteiger partial charge in [-0.2, -0.15) is 0 Å². The summed E-state index contributed by atoms with van der Waals surface area (Å²) < 4.78 is 6.67. The SMILES string of the molecule is c1ccc(-c2ccc(N(c3ccc(-c4cc5ccccc5c5oc(-c6ccc7ccccc7c6)nc45)cc3)c3ccc(-c4ccccc4)c(-c4ccccc4)c3)cc2)cc1. The molecule has 0 N–H and O–H groups in total. The number of fused-ring (bicyclic) bond motifs is 4. The maximum absolute atomic E-state index is 6.67. The van der Waals surface area contributed by atoms with Crippen molar-refractivity contribution in [2.24, 2.45) is 0 Å². The van der Waals surface area contributed by atoms with Crippen molar-refractivity contribution in [3.05, 3.63) is 231 Å². The number of nitrogens with zero attached hydrogens (tertiary/aromatic N) is 2. The first-order valence-corrected chi connectivity index (χ1v) is 20.4. The van der Waals surface area contributed by atoms with Crippen LogP contribution in [0.4, 0.5) is 17.1 Å². The molecule has 0 aliphatic carbocycles. The van der Waals surface area contributed by atoms with Gasteiger partial charge in [-0.15, -0.1) is 0 Å². The molecule has 282 valence electrons. The van der Waals surface area contributed by atoms with Crippen LogP contribution in [0, 0.1) is 0 Å². The van der Waals surface area contributed by atoms with Crippen LogP contribution in [-0.2, 0) is 0 Å². The maximum atomic E-state index is 6.67. The molecular weight excluding hydrogens is 729 g/mol. The summed E-state index contributed by atoms with van der Waals surface area (Å²) in [5.41, 5.74) is 15.0. The lowest BCUT2D eigenvalue weighted by atomic mass is 9.93. The summed E-state index contributed by atoms with van der Waals surface area (Å²) in [6.07, 6.45) is 0. The molecule has 0 atom stereocenters. The summed E-state index contributed by atoms with van der Waals surface area (Å²) in [4.78, 5) is 7.55. The van der Waals surface area contributed by atoms with Gasteiger partial charge in [-0.05, 0) is 110 Å². The molecule has 1 heterocycles. The second kappa shape index (κ2) is 15.1. The molecule has 11 rings (SSSR count). The number of hydrogen-bond donors (Lipinski definition) is 0. The molecule has 0 radical (unpaired) electrons. The molecule has 0 aliphatic rings. The Labute approximate surface area is 349 Å². The first-order chi connectivity index (χ1) is 29.7. The Balaban J connectivity index is 1.05. The molecule has 1 aromatic heterocycles. The van der Waals surface area contributed by atoms with Crippen molar-refractivity contribution in [3.63, 3.8) is 0 Å². The number of anilines is 3. The molecule has 0 saturated carbocycles. The van der Waals surface area contributed by atoms with E-state index in [1.807, 2.05) is 0 Å². The second-order valence-corrected chi connectivity index (χ2v) is 15.2. The summed E-state index contributed by atoms with van der Waals surface area (Å²) >= 11 is 0. The Kier molecular flexibility index (Phi) is 8.83. The van der Waals surface area contributed by atoms with Crippen LogP contribution in [0.2, 0.25) is 0 Å². The van der Waals surface area contributed by atoms with Crippen molar-refractivity contribution >= 4 is 49.7 Å². The molecule has 10 aromatic carbocycles. The van der Waals surface area contributed by atoms with Crippen molar-refractivity contribution in [1.82, 2.24) is 4.98 Å². The lowest BCUT2D eigenvalue weighted by molar-refractivity contribution is 0.623. The highest BCUT2D eigenvalue weighted by Gasteiger charge is 2.20. The Morgan fingerprint density at radius 1 is 0.317 bits per heavy atom. The summed E-state index contributed by atoms with van der Waals surface area (Å²) in [6, 6.07) is 81.9. The Morgan fingerprint density at radius 2 is 0.817 bits per heavy atom. The molecule has 3 nitrogen and oxygen atoms in total. The highest BCUT2D eigenvalue weighted by atomic mass is 16.3. The van der Waals surface area contributed by atoms with Gasteiger partial charge in [0, 0.05) is 33.6 Å². The normalized spacial score (nSPS) is 11.3. The maximum Gasteiger partial charge on any atom is 0.227 e. The summed E-state index contributed by atoms with van der Waals surface area (Å²) in [6.45, 7) is 0. The highest BCUT2D eigenvalue weighted by molar-refractivity contribution is 6.10. The largest absolute Gasteiger partial charge is 0.435 e. The van der Waals surface area contributed by atoms with Gasteiger partial charge in [0.2, 0.25) is 5.89 Å². The van der Waals surface area contributed by atoms with Gasteiger partial charge in [0.05, 0.1) is 0 Å². The predicted molar refractivity (Wildman–Crippen MR) is 251 cm³/mol. The van der Waals surface area contributed by atoms with E-state index >= 15 is 0 Å². The Bertz CT molecular complexity index is 3280. The van der Waals surface area contributed by atoms with E-state index in [2.05, 4.69) is 235 Å². The van der Waals surface area contributed by atoms with Crippen LogP contribution in [0.3, 0.4) is 0 Å². The molecular formula is C57H38N2O. The predicted octanol–water partition coefficient (Wildman–Crippen LogP) is 15.9. The van der Waals surface area contributed by atoms with Crippen molar-refractivity contribution in [1.29, 1.82) is 0 Å². The topological polar surface area (TPSA) is 29.3 Å². The molecule has 0 fully saturated rings. The minimum atomic E-state index is 0.614. The van der Waals surface area contributed by atoms with Gasteiger partial charge >= 0.3 is 0 Å². The van der Waals surface area contributed by atoms with Crippen LogP contribution in [0.15, 0.2) is 235 Å². The monoisotopic (exact) mass is 766 g/mol. The van der Waals surface area contributed by atoms with E-state index in [-0.39, 0.29) is 0 Å². The fourth-order valence-electron chi connectivity index (χ4n) is 8.47. The summed E-state index contributed by atoms with van der Waals surface area (Å²) in [7, 11) is 0. The average molecular weight is 767 g/mol. The van der Waals surface area contributed by atoms with E-state index in [1.165, 1.54) is 38.8 Å². The minimum Gasteiger partial charge on any atom is -0.435 e. The number of rotatable bonds is 8. The lowest BCUT2D eigenvalue weighted by Crippen LogP contribution is -2.10. The molecule has 0 unspecified atom stereocenters. The number of hydrogen-bond acceptors (Lipinski definition) is 3. The van der Waals surface area contributed by atoms with E-state index in [9.17, 15) is 0 Å². The molecule has 11 aromatic rings. The quantitative estimate of drug-likeness (QED) is 0.154. The minimum absolute atomic E-state index is 0.614. The lowest BCUT2D eigenvalue weighted by Gasteiger charge is -2.27. The van der Waals surface area contributed by atoms with Gasteiger partial charge in [-0.1, -0.05) is 176 Å². The Morgan fingerprint density at radius 3 is 1.50 bits per heavy atom. The van der Waals surface area contributed by atoms with Gasteiger partial charge in [0.1, 0.15) is 5.52 Å². The van der Waals surface area contributed by atoms with Gasteiger partial charge in [0.15, 0.2) is 5.58 Å². The van der Waals surface area contributed by atoms with E-state index in [4.69, 9.17) is 9.40 Å². The highest BCUT2D eigenvalue weighted by Crippen LogP contribution is 2.43. The molecule has 0 bridgehead atoms. The number of aromatic nitrogens is 1. The zero-order valence-electron chi connectivity index (χ0n) is 32.7. The van der Waals surface area contributed by atoms with Gasteiger partial charge in [-0.3, -0.25) is 0 Å². The van der Waals surface area contributed by atoms with Crippen molar-refractivity contribution < 1.29 is 4.42 Å². The molecule has 0 aliphatic heterocycles. The standard InChI is InChI=1S/C57H38N2O/c1-4-14-39(15-5-1)41-26-30-48(31-27-41)59(50-34-35-51(42-17-6-2-7-18-42)53(38-50)43-19-8-3-9-20-43)49-32-28-44(29-33-49)54-37-46-22-12-13-23-52(46)56-55(54)58-57(60-56)47-25-24-40-16-10-11-21-45(40)36-47/h1-38H. The summed E-state index contributed by atoms with van der Waals surface area (Å²) in [5.74, 6) is 0.614. The number of benzene rings is 10. The van der Waals surface area contributed by atoms with Crippen LogP contribution < -0.4 is 4.90 Å². The van der Waals surface area contributed by atoms with E-state index < -0.39 is 0 Å². The average Bonchev–Trinajstić information content (AvgIpc) is 3.79. The zero-order chi connectivity index (χ0) is 39.8. The van der Waals surface area contributed by atoms with Crippen LogP contribution in [-0.4, -0.2) is 4.98 Å². The van der Waals surface area contributed by atoms with Gasteiger partial charge in [0.25, 0.3) is 0 Å². The molecule has 0 amide bonds. The fourth-order valence-corrected chi connectivity index (χ4v) is 8.47. The molecule has 0 saturated heterocycles. The van der Waals surface area contributed by atoms with E-state index in [0.29, 0.717) is 5.89 Å². The molecule has 60 heavy (non-hydrogen) atoms. The van der Waals surface area contributed by atoms with Crippen LogP contribution >= 0.6 is 0 Å². The smallest absolute Gasteiger partial charge is 0.227 e. The van der Waals surface area contributed by atoms with Gasteiger partial charge in [-0.25, -0.2) is 4.98 Å². The van der Waals surface area contributed by atoms with Crippen LogP contribution in [0.25, 0.3) is 88.6 Å².